The van der Waals surface area contributed by atoms with Crippen LogP contribution in [0, 0.1) is 0 Å². The van der Waals surface area contributed by atoms with Gasteiger partial charge in [0, 0.05) is 28.6 Å². The van der Waals surface area contributed by atoms with Crippen LogP contribution in [-0.4, -0.2) is 24.2 Å². The summed E-state index contributed by atoms with van der Waals surface area (Å²) in [5, 5.41) is 2.10. The molecule has 24 heavy (non-hydrogen) atoms. The molecule has 1 aromatic carbocycles. The van der Waals surface area contributed by atoms with E-state index in [0.717, 1.165) is 5.39 Å². The maximum Gasteiger partial charge on any atom is 0.141 e. The van der Waals surface area contributed by atoms with Gasteiger partial charge in [-0.25, -0.2) is 9.97 Å². The summed E-state index contributed by atoms with van der Waals surface area (Å²) in [7, 11) is 3.01. The van der Waals surface area contributed by atoms with Crippen molar-refractivity contribution in [2.45, 2.75) is 0 Å². The van der Waals surface area contributed by atoms with Crippen molar-refractivity contribution in [3.8, 4) is 22.8 Å². The van der Waals surface area contributed by atoms with Gasteiger partial charge in [0.1, 0.15) is 23.1 Å². The summed E-state index contributed by atoms with van der Waals surface area (Å²) in [5.41, 5.74) is 12.7. The third kappa shape index (κ3) is 2.64. The van der Waals surface area contributed by atoms with Gasteiger partial charge >= 0.3 is 0 Å². The van der Waals surface area contributed by atoms with Crippen LogP contribution in [0.4, 0.5) is 11.6 Å². The van der Waals surface area contributed by atoms with Gasteiger partial charge in [0.15, 0.2) is 0 Å². The number of benzene rings is 1. The summed E-state index contributed by atoms with van der Waals surface area (Å²) in [6.45, 7) is 0. The van der Waals surface area contributed by atoms with Crippen LogP contribution >= 0.6 is 23.2 Å². The number of aromatic nitrogens is 2. The Balaban J connectivity index is 2.33. The van der Waals surface area contributed by atoms with E-state index in [1.54, 1.807) is 24.4 Å². The average molecular weight is 365 g/mol. The maximum absolute atomic E-state index is 6.42. The molecule has 3 aromatic rings. The van der Waals surface area contributed by atoms with Gasteiger partial charge in [-0.1, -0.05) is 23.2 Å². The molecule has 0 radical (unpaired) electrons. The Morgan fingerprint density at radius 2 is 1.58 bits per heavy atom. The smallest absolute Gasteiger partial charge is 0.141 e. The van der Waals surface area contributed by atoms with Crippen molar-refractivity contribution in [3.05, 3.63) is 34.4 Å². The third-order valence-corrected chi connectivity index (χ3v) is 4.35. The molecule has 3 rings (SSSR count). The largest absolute Gasteiger partial charge is 0.495 e. The lowest BCUT2D eigenvalue weighted by Gasteiger charge is -2.15. The number of nitrogen functional groups attached to an aromatic ring is 2. The number of halogens is 2. The Morgan fingerprint density at radius 1 is 0.958 bits per heavy atom. The molecule has 0 bridgehead atoms. The first kappa shape index (κ1) is 16.4. The number of pyridine rings is 2. The summed E-state index contributed by atoms with van der Waals surface area (Å²) in [5.74, 6) is 1.50. The van der Waals surface area contributed by atoms with Gasteiger partial charge < -0.3 is 20.9 Å². The number of hydrogen-bond acceptors (Lipinski definition) is 6. The lowest BCUT2D eigenvalue weighted by atomic mass is 10.1. The summed E-state index contributed by atoms with van der Waals surface area (Å²) in [4.78, 5) is 8.47. The second-order valence-corrected chi connectivity index (χ2v) is 5.76. The zero-order valence-corrected chi connectivity index (χ0v) is 14.4. The third-order valence-electron chi connectivity index (χ3n) is 3.59. The highest BCUT2D eigenvalue weighted by atomic mass is 35.5. The number of ether oxygens (including phenoxy) is 2. The maximum atomic E-state index is 6.42. The van der Waals surface area contributed by atoms with Crippen LogP contribution in [0.1, 0.15) is 0 Å². The van der Waals surface area contributed by atoms with Crippen LogP contribution in [0.15, 0.2) is 24.4 Å². The van der Waals surface area contributed by atoms with Gasteiger partial charge in [-0.15, -0.1) is 0 Å². The standard InChI is InChI=1S/C16H14Cl2N4O2/c1-23-10-5-11(24-2)15(18)13(14(10)17)9-3-7-6-21-12(19)4-8(7)16(20)22-9/h3-6H,1-2H3,(H2,19,21)(H2,20,22). The van der Waals surface area contributed by atoms with Gasteiger partial charge in [-0.3, -0.25) is 0 Å². The molecule has 0 amide bonds. The zero-order chi connectivity index (χ0) is 17.4. The van der Waals surface area contributed by atoms with Crippen LogP contribution in [0.2, 0.25) is 10.0 Å². The molecule has 0 spiro atoms. The van der Waals surface area contributed by atoms with E-state index < -0.39 is 0 Å². The number of anilines is 2. The minimum atomic E-state index is 0.297. The molecule has 0 saturated carbocycles. The van der Waals surface area contributed by atoms with Crippen LogP contribution < -0.4 is 20.9 Å². The highest BCUT2D eigenvalue weighted by molar-refractivity contribution is 6.41. The molecule has 6 nitrogen and oxygen atoms in total. The molecule has 0 atom stereocenters. The van der Waals surface area contributed by atoms with E-state index in [2.05, 4.69) is 9.97 Å². The molecule has 0 aliphatic carbocycles. The molecule has 8 heteroatoms. The monoisotopic (exact) mass is 364 g/mol. The van der Waals surface area contributed by atoms with Crippen LogP contribution in [0.3, 0.4) is 0 Å². The lowest BCUT2D eigenvalue weighted by Crippen LogP contribution is -1.99. The van der Waals surface area contributed by atoms with Gasteiger partial charge in [-0.2, -0.15) is 0 Å². The van der Waals surface area contributed by atoms with Gasteiger partial charge in [0.05, 0.1) is 30.0 Å². The molecule has 2 heterocycles. The number of nitrogens with two attached hydrogens (primary N) is 2. The molecule has 2 aromatic heterocycles. The fourth-order valence-electron chi connectivity index (χ4n) is 2.43. The Morgan fingerprint density at radius 3 is 2.17 bits per heavy atom. The molecule has 0 aliphatic heterocycles. The molecular weight excluding hydrogens is 351 g/mol. The summed E-state index contributed by atoms with van der Waals surface area (Å²) < 4.78 is 10.6. The van der Waals surface area contributed by atoms with Crippen molar-refractivity contribution in [2.24, 2.45) is 0 Å². The highest BCUT2D eigenvalue weighted by Gasteiger charge is 2.20. The minimum Gasteiger partial charge on any atom is -0.495 e. The van der Waals surface area contributed by atoms with Crippen molar-refractivity contribution in [3.63, 3.8) is 0 Å². The van der Waals surface area contributed by atoms with Crippen LogP contribution in [-0.2, 0) is 0 Å². The average Bonchev–Trinajstić information content (AvgIpc) is 2.56. The van der Waals surface area contributed by atoms with Crippen molar-refractivity contribution in [1.82, 2.24) is 9.97 Å². The fraction of sp³-hybridized carbons (Fsp3) is 0.125. The normalized spacial score (nSPS) is 10.8. The van der Waals surface area contributed by atoms with Crippen molar-refractivity contribution >= 4 is 45.6 Å². The van der Waals surface area contributed by atoms with E-state index in [0.29, 0.717) is 49.8 Å². The second-order valence-electron chi connectivity index (χ2n) is 5.01. The lowest BCUT2D eigenvalue weighted by molar-refractivity contribution is 0.395. The molecule has 0 saturated heterocycles. The second kappa shape index (κ2) is 6.22. The van der Waals surface area contributed by atoms with E-state index in [1.165, 1.54) is 14.2 Å². The molecular formula is C16H14Cl2N4O2. The van der Waals surface area contributed by atoms with Gasteiger partial charge in [0.25, 0.3) is 0 Å². The molecule has 0 aliphatic rings. The number of rotatable bonds is 3. The Kier molecular flexibility index (Phi) is 4.26. The van der Waals surface area contributed by atoms with Crippen LogP contribution in [0.25, 0.3) is 22.0 Å². The van der Waals surface area contributed by atoms with E-state index >= 15 is 0 Å². The first-order valence-electron chi connectivity index (χ1n) is 6.88. The SMILES string of the molecule is COc1cc(OC)c(Cl)c(-c2cc3cnc(N)cc3c(N)n2)c1Cl. The number of fused-ring (bicyclic) bond motifs is 1. The van der Waals surface area contributed by atoms with Crippen LogP contribution in [0.5, 0.6) is 11.5 Å². The Labute approximate surface area is 148 Å². The number of hydrogen-bond donors (Lipinski definition) is 2. The highest BCUT2D eigenvalue weighted by Crippen LogP contribution is 2.46. The fourth-order valence-corrected chi connectivity index (χ4v) is 3.12. The topological polar surface area (TPSA) is 96.3 Å². The predicted octanol–water partition coefficient (Wildman–Crippen LogP) is 3.79. The van der Waals surface area contributed by atoms with Crippen molar-refractivity contribution < 1.29 is 9.47 Å². The van der Waals surface area contributed by atoms with Gasteiger partial charge in [0.2, 0.25) is 0 Å². The Hall–Kier alpha value is -2.44. The molecule has 0 fully saturated rings. The predicted molar refractivity (Wildman–Crippen MR) is 96.9 cm³/mol. The van der Waals surface area contributed by atoms with Gasteiger partial charge in [-0.05, 0) is 12.1 Å². The van der Waals surface area contributed by atoms with E-state index in [4.69, 9.17) is 44.1 Å². The summed E-state index contributed by atoms with van der Waals surface area (Å²) in [6, 6.07) is 5.06. The first-order chi connectivity index (χ1) is 11.5. The summed E-state index contributed by atoms with van der Waals surface area (Å²) >= 11 is 12.8. The Bertz CT molecular complexity index is 919. The zero-order valence-electron chi connectivity index (χ0n) is 12.9. The number of nitrogens with zero attached hydrogens (tertiary/aromatic N) is 2. The van der Waals surface area contributed by atoms with E-state index in [-0.39, 0.29) is 0 Å². The molecule has 0 unspecified atom stereocenters. The number of methoxy groups -OCH3 is 2. The van der Waals surface area contributed by atoms with Crippen molar-refractivity contribution in [2.75, 3.05) is 25.7 Å². The molecule has 4 N–H and O–H groups in total. The van der Waals surface area contributed by atoms with E-state index in [1.807, 2.05) is 0 Å². The quantitative estimate of drug-likeness (QED) is 0.733. The summed E-state index contributed by atoms with van der Waals surface area (Å²) in [6.07, 6.45) is 1.62. The minimum absolute atomic E-state index is 0.297. The first-order valence-corrected chi connectivity index (χ1v) is 7.64. The molecule has 124 valence electrons. The van der Waals surface area contributed by atoms with Crippen molar-refractivity contribution in [1.29, 1.82) is 0 Å². The van der Waals surface area contributed by atoms with E-state index in [9.17, 15) is 0 Å².